The van der Waals surface area contributed by atoms with Crippen LogP contribution in [0.5, 0.6) is 0 Å². The summed E-state index contributed by atoms with van der Waals surface area (Å²) in [5.74, 6) is 0.760. The van der Waals surface area contributed by atoms with Crippen molar-refractivity contribution in [1.82, 2.24) is 14.3 Å². The van der Waals surface area contributed by atoms with Gasteiger partial charge in [0.1, 0.15) is 5.82 Å². The van der Waals surface area contributed by atoms with Gasteiger partial charge < -0.3 is 9.64 Å². The molecule has 2 aromatic rings. The van der Waals surface area contributed by atoms with Crippen LogP contribution in [0.15, 0.2) is 47.8 Å². The zero-order valence-electron chi connectivity index (χ0n) is 13.9. The third kappa shape index (κ3) is 3.01. The van der Waals surface area contributed by atoms with Gasteiger partial charge in [0.25, 0.3) is 0 Å². The first-order valence-electron chi connectivity index (χ1n) is 8.27. The normalized spacial score (nSPS) is 24.3. The Balaban J connectivity index is 1.61. The molecule has 25 heavy (non-hydrogen) atoms. The molecular formula is C17H20N4O3S. The minimum absolute atomic E-state index is 0.0509. The smallest absolute Gasteiger partial charge is 0.243 e. The summed E-state index contributed by atoms with van der Waals surface area (Å²) in [6.45, 7) is 3.87. The number of anilines is 1. The number of fused-ring (bicyclic) bond motifs is 1. The summed E-state index contributed by atoms with van der Waals surface area (Å²) in [7, 11) is -3.53. The van der Waals surface area contributed by atoms with Crippen LogP contribution < -0.4 is 4.90 Å². The second-order valence-corrected chi connectivity index (χ2v) is 8.31. The van der Waals surface area contributed by atoms with Gasteiger partial charge in [0, 0.05) is 32.0 Å². The molecule has 4 rings (SSSR count). The van der Waals surface area contributed by atoms with Crippen LogP contribution in [-0.4, -0.2) is 61.1 Å². The highest BCUT2D eigenvalue weighted by Gasteiger charge is 2.45. The number of benzene rings is 1. The molecule has 0 bridgehead atoms. The van der Waals surface area contributed by atoms with Gasteiger partial charge in [0.15, 0.2) is 0 Å². The van der Waals surface area contributed by atoms with Crippen molar-refractivity contribution in [1.29, 1.82) is 0 Å². The van der Waals surface area contributed by atoms with Crippen LogP contribution in [0.25, 0.3) is 0 Å². The van der Waals surface area contributed by atoms with E-state index in [1.165, 1.54) is 4.31 Å². The Morgan fingerprint density at radius 1 is 1.24 bits per heavy atom. The molecule has 3 heterocycles. The van der Waals surface area contributed by atoms with Gasteiger partial charge in [-0.15, -0.1) is 0 Å². The van der Waals surface area contributed by atoms with Crippen LogP contribution in [-0.2, 0) is 14.8 Å². The van der Waals surface area contributed by atoms with Crippen molar-refractivity contribution in [2.24, 2.45) is 0 Å². The summed E-state index contributed by atoms with van der Waals surface area (Å²) in [5, 5.41) is 0. The molecule has 7 nitrogen and oxygen atoms in total. The first kappa shape index (κ1) is 16.4. The van der Waals surface area contributed by atoms with E-state index >= 15 is 0 Å². The molecule has 0 spiro atoms. The predicted octanol–water partition coefficient (Wildman–Crippen LogP) is 1.06. The second kappa shape index (κ2) is 6.36. The van der Waals surface area contributed by atoms with Crippen LogP contribution in [0.1, 0.15) is 5.56 Å². The molecule has 0 amide bonds. The third-order valence-corrected chi connectivity index (χ3v) is 6.57. The van der Waals surface area contributed by atoms with Crippen LogP contribution in [0.2, 0.25) is 0 Å². The van der Waals surface area contributed by atoms with Gasteiger partial charge >= 0.3 is 0 Å². The van der Waals surface area contributed by atoms with Crippen molar-refractivity contribution in [2.75, 3.05) is 31.1 Å². The average molecular weight is 360 g/mol. The Morgan fingerprint density at radius 2 is 2.12 bits per heavy atom. The molecule has 2 aliphatic heterocycles. The number of morpholine rings is 1. The minimum Gasteiger partial charge on any atom is -0.373 e. The summed E-state index contributed by atoms with van der Waals surface area (Å²) < 4.78 is 33.4. The van der Waals surface area contributed by atoms with Gasteiger partial charge in [-0.05, 0) is 24.6 Å². The van der Waals surface area contributed by atoms with E-state index < -0.39 is 10.0 Å². The summed E-state index contributed by atoms with van der Waals surface area (Å²) >= 11 is 0. The number of sulfonamides is 1. The molecule has 8 heteroatoms. The Morgan fingerprint density at radius 3 is 2.88 bits per heavy atom. The lowest BCUT2D eigenvalue weighted by Gasteiger charge is -2.37. The largest absolute Gasteiger partial charge is 0.373 e. The van der Waals surface area contributed by atoms with E-state index in [1.54, 1.807) is 36.8 Å². The number of hydrogen-bond donors (Lipinski definition) is 0. The zero-order valence-corrected chi connectivity index (χ0v) is 14.8. The van der Waals surface area contributed by atoms with E-state index in [1.807, 2.05) is 13.0 Å². The van der Waals surface area contributed by atoms with E-state index in [0.717, 1.165) is 11.4 Å². The first-order valence-corrected chi connectivity index (χ1v) is 9.71. The lowest BCUT2D eigenvalue weighted by Crippen LogP contribution is -2.51. The predicted molar refractivity (Wildman–Crippen MR) is 92.8 cm³/mol. The third-order valence-electron chi connectivity index (χ3n) is 4.74. The van der Waals surface area contributed by atoms with E-state index in [2.05, 4.69) is 14.9 Å². The maximum absolute atomic E-state index is 13.0. The highest BCUT2D eigenvalue weighted by Crippen LogP contribution is 2.30. The fourth-order valence-corrected chi connectivity index (χ4v) is 5.08. The summed E-state index contributed by atoms with van der Waals surface area (Å²) in [5.41, 5.74) is 0.926. The molecule has 0 unspecified atom stereocenters. The number of nitrogens with zero attached hydrogens (tertiary/aromatic N) is 4. The van der Waals surface area contributed by atoms with Crippen LogP contribution in [0.4, 0.5) is 5.82 Å². The number of ether oxygens (including phenoxy) is 1. The quantitative estimate of drug-likeness (QED) is 0.815. The molecule has 2 saturated heterocycles. The van der Waals surface area contributed by atoms with Gasteiger partial charge in [0.05, 0.1) is 29.8 Å². The van der Waals surface area contributed by atoms with Gasteiger partial charge in [-0.3, -0.25) is 4.98 Å². The lowest BCUT2D eigenvalue weighted by molar-refractivity contribution is 0.0328. The molecule has 0 radical (unpaired) electrons. The topological polar surface area (TPSA) is 75.6 Å². The van der Waals surface area contributed by atoms with Crippen molar-refractivity contribution in [2.45, 2.75) is 24.0 Å². The van der Waals surface area contributed by atoms with Crippen LogP contribution in [0, 0.1) is 6.92 Å². The van der Waals surface area contributed by atoms with Crippen molar-refractivity contribution < 1.29 is 13.2 Å². The van der Waals surface area contributed by atoms with Crippen LogP contribution in [0.3, 0.4) is 0 Å². The van der Waals surface area contributed by atoms with Crippen LogP contribution >= 0.6 is 0 Å². The molecule has 0 N–H and O–H groups in total. The van der Waals surface area contributed by atoms with Crippen molar-refractivity contribution >= 4 is 15.8 Å². The highest BCUT2D eigenvalue weighted by atomic mass is 32.2. The number of hydrogen-bond acceptors (Lipinski definition) is 6. The highest BCUT2D eigenvalue weighted by molar-refractivity contribution is 7.89. The molecule has 1 aromatic heterocycles. The van der Waals surface area contributed by atoms with Crippen molar-refractivity contribution in [3.63, 3.8) is 0 Å². The standard InChI is InChI=1S/C17H20N4O3S/c1-13-3-2-4-14(9-13)25(22,23)20-11-15-16(12-20)24-8-7-21(15)17-10-18-5-6-19-17/h2-6,9-10,15-16H,7-8,11-12H2,1H3/t15-,16+/m1/s1. The Bertz CT molecular complexity index is 859. The number of aryl methyl sites for hydroxylation is 1. The maximum atomic E-state index is 13.0. The molecule has 2 atom stereocenters. The number of rotatable bonds is 3. The van der Waals surface area contributed by atoms with Gasteiger partial charge in [0.2, 0.25) is 10.0 Å². The zero-order chi connectivity index (χ0) is 17.4. The molecule has 1 aromatic carbocycles. The molecule has 132 valence electrons. The van der Waals surface area contributed by atoms with Crippen molar-refractivity contribution in [3.8, 4) is 0 Å². The summed E-state index contributed by atoms with van der Waals surface area (Å²) in [6, 6.07) is 6.96. The van der Waals surface area contributed by atoms with E-state index in [9.17, 15) is 8.42 Å². The Kier molecular flexibility index (Phi) is 4.18. The Hall–Kier alpha value is -2.03. The fourth-order valence-electron chi connectivity index (χ4n) is 3.50. The molecule has 0 aliphatic carbocycles. The molecule has 0 saturated carbocycles. The molecular weight excluding hydrogens is 340 g/mol. The lowest BCUT2D eigenvalue weighted by atomic mass is 10.1. The molecule has 2 fully saturated rings. The minimum atomic E-state index is -3.53. The monoisotopic (exact) mass is 360 g/mol. The fraction of sp³-hybridized carbons (Fsp3) is 0.412. The average Bonchev–Trinajstić information content (AvgIpc) is 3.07. The van der Waals surface area contributed by atoms with E-state index in [0.29, 0.717) is 31.1 Å². The van der Waals surface area contributed by atoms with Gasteiger partial charge in [-0.25, -0.2) is 13.4 Å². The Labute approximate surface area is 147 Å². The first-order chi connectivity index (χ1) is 12.1. The SMILES string of the molecule is Cc1cccc(S(=O)(=O)N2C[C@@H]3OCCN(c4cnccn4)[C@@H]3C2)c1. The van der Waals surface area contributed by atoms with Crippen molar-refractivity contribution in [3.05, 3.63) is 48.4 Å². The molecule has 2 aliphatic rings. The summed E-state index contributed by atoms with van der Waals surface area (Å²) in [4.78, 5) is 10.9. The second-order valence-electron chi connectivity index (χ2n) is 6.37. The van der Waals surface area contributed by atoms with Gasteiger partial charge in [-0.1, -0.05) is 12.1 Å². The van der Waals surface area contributed by atoms with E-state index in [-0.39, 0.29) is 12.1 Å². The summed E-state index contributed by atoms with van der Waals surface area (Å²) in [6.07, 6.45) is 4.83. The maximum Gasteiger partial charge on any atom is 0.243 e. The van der Waals surface area contributed by atoms with E-state index in [4.69, 9.17) is 4.74 Å². The number of aromatic nitrogens is 2. The van der Waals surface area contributed by atoms with Gasteiger partial charge in [-0.2, -0.15) is 4.31 Å².